The highest BCUT2D eigenvalue weighted by atomic mass is 35.5. The van der Waals surface area contributed by atoms with Gasteiger partial charge in [0.05, 0.1) is 24.6 Å². The largest absolute Gasteiger partial charge is 0.373 e. The first-order chi connectivity index (χ1) is 9.01. The van der Waals surface area contributed by atoms with Gasteiger partial charge in [-0.1, -0.05) is 13.8 Å². The summed E-state index contributed by atoms with van der Waals surface area (Å²) < 4.78 is 5.67. The van der Waals surface area contributed by atoms with Crippen molar-refractivity contribution in [2.75, 3.05) is 23.9 Å². The highest BCUT2D eigenvalue weighted by Gasteiger charge is 2.27. The molecule has 19 heavy (non-hydrogen) atoms. The number of morpholine rings is 1. The number of halogens is 1. The third-order valence-electron chi connectivity index (χ3n) is 3.39. The van der Waals surface area contributed by atoms with Crippen molar-refractivity contribution in [3.05, 3.63) is 17.5 Å². The molecule has 0 saturated carbocycles. The van der Waals surface area contributed by atoms with Gasteiger partial charge in [0.25, 0.3) is 0 Å². The lowest BCUT2D eigenvalue weighted by atomic mass is 10.1. The first kappa shape index (κ1) is 14.5. The SMILES string of the molecule is Cc1cc(C(C)C)nc(N2CC(CCl)OCC2C)n1. The molecule has 0 N–H and O–H groups in total. The Morgan fingerprint density at radius 3 is 2.84 bits per heavy atom. The molecule has 2 atom stereocenters. The number of nitrogens with zero attached hydrogens (tertiary/aromatic N) is 3. The molecular weight excluding hydrogens is 262 g/mol. The Hall–Kier alpha value is -0.870. The van der Waals surface area contributed by atoms with Crippen LogP contribution in [0.15, 0.2) is 6.07 Å². The number of ether oxygens (including phenoxy) is 1. The maximum atomic E-state index is 5.90. The van der Waals surface area contributed by atoms with Gasteiger partial charge in [0.1, 0.15) is 0 Å². The Morgan fingerprint density at radius 1 is 1.47 bits per heavy atom. The van der Waals surface area contributed by atoms with E-state index >= 15 is 0 Å². The first-order valence-corrected chi connectivity index (χ1v) is 7.34. The van der Waals surface area contributed by atoms with Crippen LogP contribution in [0, 0.1) is 6.92 Å². The van der Waals surface area contributed by atoms with E-state index in [4.69, 9.17) is 21.3 Å². The lowest BCUT2D eigenvalue weighted by Crippen LogP contribution is -2.49. The number of hydrogen-bond acceptors (Lipinski definition) is 4. The summed E-state index contributed by atoms with van der Waals surface area (Å²) >= 11 is 5.90. The van der Waals surface area contributed by atoms with Crippen LogP contribution in [0.3, 0.4) is 0 Å². The fourth-order valence-electron chi connectivity index (χ4n) is 2.19. The van der Waals surface area contributed by atoms with Gasteiger partial charge in [-0.15, -0.1) is 11.6 Å². The molecule has 1 aromatic rings. The van der Waals surface area contributed by atoms with Crippen LogP contribution in [0.4, 0.5) is 5.95 Å². The molecule has 0 spiro atoms. The first-order valence-electron chi connectivity index (χ1n) is 6.81. The van der Waals surface area contributed by atoms with Crippen LogP contribution >= 0.6 is 11.6 Å². The zero-order chi connectivity index (χ0) is 14.0. The van der Waals surface area contributed by atoms with Crippen LogP contribution < -0.4 is 4.90 Å². The summed E-state index contributed by atoms with van der Waals surface area (Å²) in [5.41, 5.74) is 2.10. The minimum absolute atomic E-state index is 0.0597. The van der Waals surface area contributed by atoms with Gasteiger partial charge in [0.15, 0.2) is 0 Å². The van der Waals surface area contributed by atoms with Crippen LogP contribution in [0.5, 0.6) is 0 Å². The molecule has 1 aromatic heterocycles. The lowest BCUT2D eigenvalue weighted by molar-refractivity contribution is 0.0357. The monoisotopic (exact) mass is 283 g/mol. The minimum atomic E-state index is 0.0597. The van der Waals surface area contributed by atoms with E-state index in [1.165, 1.54) is 0 Å². The standard InChI is InChI=1S/C14H22ClN3O/c1-9(2)13-5-10(3)16-14(17-13)18-7-12(6-15)19-8-11(18)4/h5,9,11-12H,6-8H2,1-4H3. The molecule has 1 saturated heterocycles. The van der Waals surface area contributed by atoms with Crippen molar-refractivity contribution in [1.82, 2.24) is 9.97 Å². The van der Waals surface area contributed by atoms with Gasteiger partial charge in [-0.2, -0.15) is 0 Å². The molecule has 0 bridgehead atoms. The van der Waals surface area contributed by atoms with Crippen LogP contribution in [-0.2, 0) is 4.74 Å². The minimum Gasteiger partial charge on any atom is -0.373 e. The molecule has 106 valence electrons. The number of aryl methyl sites for hydroxylation is 1. The van der Waals surface area contributed by atoms with Crippen molar-refractivity contribution in [3.8, 4) is 0 Å². The van der Waals surface area contributed by atoms with Crippen LogP contribution in [0.2, 0.25) is 0 Å². The Labute approximate surface area is 120 Å². The second-order valence-electron chi connectivity index (χ2n) is 5.50. The van der Waals surface area contributed by atoms with Crippen molar-refractivity contribution in [3.63, 3.8) is 0 Å². The average Bonchev–Trinajstić information content (AvgIpc) is 2.38. The number of hydrogen-bond donors (Lipinski definition) is 0. The predicted octanol–water partition coefficient (Wildman–Crippen LogP) is 2.74. The van der Waals surface area contributed by atoms with Crippen LogP contribution in [0.25, 0.3) is 0 Å². The van der Waals surface area contributed by atoms with Gasteiger partial charge in [-0.3, -0.25) is 0 Å². The maximum absolute atomic E-state index is 5.90. The maximum Gasteiger partial charge on any atom is 0.226 e. The molecule has 5 heteroatoms. The fraction of sp³-hybridized carbons (Fsp3) is 0.714. The smallest absolute Gasteiger partial charge is 0.226 e. The molecule has 0 amide bonds. The molecule has 1 aliphatic heterocycles. The van der Waals surface area contributed by atoms with E-state index in [0.29, 0.717) is 18.4 Å². The number of aromatic nitrogens is 2. The molecule has 0 aliphatic carbocycles. The zero-order valence-corrected chi connectivity index (χ0v) is 12.8. The normalized spacial score (nSPS) is 24.0. The molecule has 4 nitrogen and oxygen atoms in total. The van der Waals surface area contributed by atoms with E-state index in [2.05, 4.69) is 36.7 Å². The van der Waals surface area contributed by atoms with Crippen molar-refractivity contribution < 1.29 is 4.74 Å². The fourth-order valence-corrected chi connectivity index (χ4v) is 2.38. The van der Waals surface area contributed by atoms with Crippen molar-refractivity contribution in [2.24, 2.45) is 0 Å². The summed E-state index contributed by atoms with van der Waals surface area (Å²) in [6.07, 6.45) is 0.0597. The Bertz CT molecular complexity index is 439. The van der Waals surface area contributed by atoms with Gasteiger partial charge in [-0.25, -0.2) is 9.97 Å². The van der Waals surface area contributed by atoms with E-state index in [9.17, 15) is 0 Å². The quantitative estimate of drug-likeness (QED) is 0.800. The predicted molar refractivity (Wildman–Crippen MR) is 78.1 cm³/mol. The van der Waals surface area contributed by atoms with Gasteiger partial charge in [-0.05, 0) is 25.8 Å². The van der Waals surface area contributed by atoms with Crippen LogP contribution in [-0.4, -0.2) is 41.1 Å². The van der Waals surface area contributed by atoms with E-state index in [-0.39, 0.29) is 12.1 Å². The second kappa shape index (κ2) is 6.06. The van der Waals surface area contributed by atoms with E-state index in [0.717, 1.165) is 23.9 Å². The number of alkyl halides is 1. The summed E-state index contributed by atoms with van der Waals surface area (Å²) in [5, 5.41) is 0. The summed E-state index contributed by atoms with van der Waals surface area (Å²) in [7, 11) is 0. The summed E-state index contributed by atoms with van der Waals surface area (Å²) in [6, 6.07) is 2.33. The topological polar surface area (TPSA) is 38.2 Å². The van der Waals surface area contributed by atoms with E-state index in [1.807, 2.05) is 6.92 Å². The number of rotatable bonds is 3. The molecule has 2 rings (SSSR count). The molecule has 2 heterocycles. The van der Waals surface area contributed by atoms with Crippen molar-refractivity contribution in [1.29, 1.82) is 0 Å². The van der Waals surface area contributed by atoms with Gasteiger partial charge in [0.2, 0.25) is 5.95 Å². The van der Waals surface area contributed by atoms with Crippen molar-refractivity contribution in [2.45, 2.75) is 45.8 Å². The molecular formula is C14H22ClN3O. The molecule has 1 aliphatic rings. The van der Waals surface area contributed by atoms with Gasteiger partial charge in [0, 0.05) is 17.9 Å². The number of anilines is 1. The summed E-state index contributed by atoms with van der Waals surface area (Å²) in [4.78, 5) is 11.5. The van der Waals surface area contributed by atoms with Crippen LogP contribution in [0.1, 0.15) is 38.1 Å². The van der Waals surface area contributed by atoms with Gasteiger partial charge >= 0.3 is 0 Å². The molecule has 0 radical (unpaired) electrons. The van der Waals surface area contributed by atoms with E-state index < -0.39 is 0 Å². The summed E-state index contributed by atoms with van der Waals surface area (Å²) in [6.45, 7) is 9.87. The Morgan fingerprint density at radius 2 is 2.21 bits per heavy atom. The van der Waals surface area contributed by atoms with E-state index in [1.54, 1.807) is 0 Å². The average molecular weight is 284 g/mol. The zero-order valence-electron chi connectivity index (χ0n) is 12.1. The highest BCUT2D eigenvalue weighted by molar-refractivity contribution is 6.18. The molecule has 1 fully saturated rings. The highest BCUT2D eigenvalue weighted by Crippen LogP contribution is 2.22. The Balaban J connectivity index is 2.28. The van der Waals surface area contributed by atoms with Crippen molar-refractivity contribution >= 4 is 17.5 Å². The molecule has 2 unspecified atom stereocenters. The lowest BCUT2D eigenvalue weighted by Gasteiger charge is -2.37. The Kier molecular flexibility index (Phi) is 4.63. The molecule has 0 aromatic carbocycles. The third kappa shape index (κ3) is 3.37. The third-order valence-corrected chi connectivity index (χ3v) is 3.73. The summed E-state index contributed by atoms with van der Waals surface area (Å²) in [5.74, 6) is 1.71. The van der Waals surface area contributed by atoms with Gasteiger partial charge < -0.3 is 9.64 Å². The second-order valence-corrected chi connectivity index (χ2v) is 5.81.